The molecule has 0 amide bonds. The van der Waals surface area contributed by atoms with Crippen LogP contribution in [0, 0.1) is 39.9 Å². The highest BCUT2D eigenvalue weighted by Gasteiger charge is 2.90. The van der Waals surface area contributed by atoms with Crippen molar-refractivity contribution in [2.45, 2.75) is 56.9 Å². The van der Waals surface area contributed by atoms with Crippen LogP contribution in [-0.2, 0) is 4.79 Å². The van der Waals surface area contributed by atoms with Crippen molar-refractivity contribution < 1.29 is 15.0 Å². The first-order valence-corrected chi connectivity index (χ1v) is 9.66. The van der Waals surface area contributed by atoms with E-state index in [1.807, 2.05) is 0 Å². The monoisotopic (exact) mass is 327 g/mol. The van der Waals surface area contributed by atoms with Crippen LogP contribution in [0.3, 0.4) is 0 Å². The van der Waals surface area contributed by atoms with Crippen LogP contribution in [0.2, 0.25) is 0 Å². The molecule has 9 bridgehead atoms. The SMILES string of the molecule is C=C1C[C@]23C[C@H]4C5[C@@]6(C)CC(=O)C[C@]57C(C2C(O)[C@H]1C(O)C37)N4C6. The van der Waals surface area contributed by atoms with Crippen molar-refractivity contribution in [1.29, 1.82) is 0 Å². The molecule has 7 unspecified atom stereocenters. The lowest BCUT2D eigenvalue weighted by Gasteiger charge is -2.65. The first-order chi connectivity index (χ1) is 11.4. The van der Waals surface area contributed by atoms with E-state index in [9.17, 15) is 15.0 Å². The summed E-state index contributed by atoms with van der Waals surface area (Å²) in [7, 11) is 0. The fraction of sp³-hybridized carbons (Fsp3) is 0.850. The second-order valence-corrected chi connectivity index (χ2v) is 10.6. The summed E-state index contributed by atoms with van der Waals surface area (Å²) in [5.74, 6) is 1.23. The van der Waals surface area contributed by atoms with Gasteiger partial charge in [0.15, 0.2) is 0 Å². The lowest BCUT2D eigenvalue weighted by atomic mass is 9.40. The Morgan fingerprint density at radius 2 is 1.96 bits per heavy atom. The molecule has 6 aliphatic carbocycles. The average Bonchev–Trinajstić information content (AvgIpc) is 2.88. The molecule has 2 N–H and O–H groups in total. The lowest BCUT2D eigenvalue weighted by Crippen LogP contribution is -2.67. The summed E-state index contributed by atoms with van der Waals surface area (Å²) in [6.07, 6.45) is 2.48. The van der Waals surface area contributed by atoms with Crippen molar-refractivity contribution in [3.05, 3.63) is 12.2 Å². The summed E-state index contributed by atoms with van der Waals surface area (Å²) >= 11 is 0. The van der Waals surface area contributed by atoms with Crippen LogP contribution in [0.1, 0.15) is 32.6 Å². The van der Waals surface area contributed by atoms with Gasteiger partial charge in [-0.2, -0.15) is 0 Å². The van der Waals surface area contributed by atoms with E-state index in [0.29, 0.717) is 30.2 Å². The molecule has 3 saturated heterocycles. The molecule has 6 saturated carbocycles. The Morgan fingerprint density at radius 3 is 2.75 bits per heavy atom. The molecule has 4 heteroatoms. The van der Waals surface area contributed by atoms with Crippen LogP contribution < -0.4 is 0 Å². The number of rotatable bonds is 0. The Labute approximate surface area is 141 Å². The molecule has 2 spiro atoms. The molecule has 0 aromatic carbocycles. The number of aliphatic hydroxyl groups excluding tert-OH is 2. The molecule has 4 nitrogen and oxygen atoms in total. The zero-order chi connectivity index (χ0) is 16.4. The van der Waals surface area contributed by atoms with Crippen molar-refractivity contribution in [3.8, 4) is 0 Å². The van der Waals surface area contributed by atoms with Gasteiger partial charge in [-0.25, -0.2) is 0 Å². The summed E-state index contributed by atoms with van der Waals surface area (Å²) in [5, 5.41) is 22.5. The van der Waals surface area contributed by atoms with Crippen molar-refractivity contribution >= 4 is 5.78 Å². The Bertz CT molecular complexity index is 749. The highest BCUT2D eigenvalue weighted by Crippen LogP contribution is 2.86. The van der Waals surface area contributed by atoms with Crippen LogP contribution >= 0.6 is 0 Å². The molecule has 24 heavy (non-hydrogen) atoms. The molecular formula is C20H25NO3. The summed E-state index contributed by atoms with van der Waals surface area (Å²) in [6.45, 7) is 7.58. The number of ketones is 1. The van der Waals surface area contributed by atoms with Gasteiger partial charge < -0.3 is 10.2 Å². The number of hydrogen-bond acceptors (Lipinski definition) is 4. The molecule has 0 aromatic rings. The molecule has 9 rings (SSSR count). The Kier molecular flexibility index (Phi) is 1.86. The minimum Gasteiger partial charge on any atom is -0.392 e. The van der Waals surface area contributed by atoms with Gasteiger partial charge in [-0.15, -0.1) is 0 Å². The Morgan fingerprint density at radius 1 is 1.17 bits per heavy atom. The fourth-order valence-corrected chi connectivity index (χ4v) is 10.4. The molecule has 0 aromatic heterocycles. The highest BCUT2D eigenvalue weighted by atomic mass is 16.3. The van der Waals surface area contributed by atoms with E-state index < -0.39 is 12.2 Å². The maximum atomic E-state index is 12.8. The summed E-state index contributed by atoms with van der Waals surface area (Å²) in [4.78, 5) is 15.5. The van der Waals surface area contributed by atoms with Crippen molar-refractivity contribution in [1.82, 2.24) is 4.90 Å². The van der Waals surface area contributed by atoms with Gasteiger partial charge in [0, 0.05) is 48.7 Å². The van der Waals surface area contributed by atoms with Gasteiger partial charge in [0.25, 0.3) is 0 Å². The minimum atomic E-state index is -0.501. The van der Waals surface area contributed by atoms with Crippen molar-refractivity contribution in [2.75, 3.05) is 6.54 Å². The molecule has 128 valence electrons. The van der Waals surface area contributed by atoms with Crippen molar-refractivity contribution in [3.63, 3.8) is 0 Å². The predicted molar refractivity (Wildman–Crippen MR) is 85.8 cm³/mol. The zero-order valence-corrected chi connectivity index (χ0v) is 14.1. The van der Waals surface area contributed by atoms with E-state index in [0.717, 1.165) is 31.4 Å². The van der Waals surface area contributed by atoms with Gasteiger partial charge >= 0.3 is 0 Å². The van der Waals surface area contributed by atoms with Crippen molar-refractivity contribution in [2.24, 2.45) is 39.9 Å². The van der Waals surface area contributed by atoms with Gasteiger partial charge in [-0.05, 0) is 35.5 Å². The molecular weight excluding hydrogens is 302 g/mol. The minimum absolute atomic E-state index is 0.00979. The maximum Gasteiger partial charge on any atom is 0.134 e. The number of piperidine rings is 2. The van der Waals surface area contributed by atoms with Crippen LogP contribution in [0.5, 0.6) is 0 Å². The van der Waals surface area contributed by atoms with E-state index in [1.54, 1.807) is 0 Å². The van der Waals surface area contributed by atoms with Gasteiger partial charge in [0.2, 0.25) is 0 Å². The van der Waals surface area contributed by atoms with E-state index in [2.05, 4.69) is 18.4 Å². The smallest absolute Gasteiger partial charge is 0.134 e. The Balaban J connectivity index is 1.55. The second kappa shape index (κ2) is 3.30. The molecule has 0 radical (unpaired) electrons. The zero-order valence-electron chi connectivity index (χ0n) is 14.1. The molecule has 12 atom stereocenters. The number of aliphatic hydroxyl groups is 2. The Hall–Kier alpha value is -0.710. The quantitative estimate of drug-likeness (QED) is 0.651. The van der Waals surface area contributed by atoms with E-state index in [-0.39, 0.29) is 34.0 Å². The number of carbonyl (C=O) groups is 1. The molecule has 3 heterocycles. The normalized spacial score (nSPS) is 73.0. The largest absolute Gasteiger partial charge is 0.392 e. The summed E-state index contributed by atoms with van der Waals surface area (Å²) in [6, 6.07) is 0.897. The highest BCUT2D eigenvalue weighted by molar-refractivity contribution is 5.82. The third kappa shape index (κ3) is 0.945. The third-order valence-electron chi connectivity index (χ3n) is 9.96. The maximum absolute atomic E-state index is 12.8. The number of nitrogens with zero attached hydrogens (tertiary/aromatic N) is 1. The summed E-state index contributed by atoms with van der Waals surface area (Å²) < 4.78 is 0. The number of carbonyl (C=O) groups excluding carboxylic acids is 1. The second-order valence-electron chi connectivity index (χ2n) is 10.6. The predicted octanol–water partition coefficient (Wildman–Crippen LogP) is 0.972. The van der Waals surface area contributed by atoms with Crippen LogP contribution in [0.25, 0.3) is 0 Å². The van der Waals surface area contributed by atoms with Crippen LogP contribution in [0.15, 0.2) is 12.2 Å². The van der Waals surface area contributed by atoms with E-state index >= 15 is 0 Å². The molecule has 3 aliphatic heterocycles. The van der Waals surface area contributed by atoms with Crippen LogP contribution in [0.4, 0.5) is 0 Å². The summed E-state index contributed by atoms with van der Waals surface area (Å²) in [5.41, 5.74) is 1.10. The van der Waals surface area contributed by atoms with Gasteiger partial charge in [0.05, 0.1) is 12.2 Å². The van der Waals surface area contributed by atoms with E-state index in [1.165, 1.54) is 0 Å². The fourth-order valence-electron chi connectivity index (χ4n) is 10.4. The first kappa shape index (κ1) is 13.5. The van der Waals surface area contributed by atoms with Crippen LogP contribution in [-0.4, -0.2) is 51.7 Å². The number of hydrogen-bond donors (Lipinski definition) is 2. The van der Waals surface area contributed by atoms with Gasteiger partial charge in [-0.1, -0.05) is 19.1 Å². The standard InChI is InChI=1S/C20H25NO3/c1-8-3-19-6-10-15-18(2)4-9(22)5-20(15)16(19)14(24)11(8)13(23)12(19)17(20)21(10)7-18/h10-17,23-24H,1,3-7H2,2H3/t10-,11-,12?,13?,14?,15?,16?,17?,18-,19-,20-/m0/s1. The van der Waals surface area contributed by atoms with E-state index in [4.69, 9.17) is 0 Å². The van der Waals surface area contributed by atoms with Gasteiger partial charge in [0.1, 0.15) is 5.78 Å². The topological polar surface area (TPSA) is 60.8 Å². The first-order valence-electron chi connectivity index (χ1n) is 9.66. The average molecular weight is 327 g/mol. The van der Waals surface area contributed by atoms with Gasteiger partial charge in [-0.3, -0.25) is 9.69 Å². The number of fused-ring (bicyclic) bond motifs is 1. The molecule has 9 fully saturated rings. The molecule has 9 aliphatic rings. The lowest BCUT2D eigenvalue weighted by molar-refractivity contribution is -0.207. The number of Topliss-reactive ketones (excluding diaryl/α,β-unsaturated/α-hetero) is 1. The third-order valence-corrected chi connectivity index (χ3v) is 9.96.